The first-order valence-corrected chi connectivity index (χ1v) is 7.47. The fourth-order valence-corrected chi connectivity index (χ4v) is 2.76. The van der Waals surface area contributed by atoms with E-state index in [4.69, 9.17) is 10.5 Å². The number of hydrogen-bond donors (Lipinski definition) is 1. The van der Waals surface area contributed by atoms with Crippen molar-refractivity contribution in [3.63, 3.8) is 0 Å². The monoisotopic (exact) mass is 262 g/mol. The highest BCUT2D eigenvalue weighted by atomic mass is 16.5. The summed E-state index contributed by atoms with van der Waals surface area (Å²) in [4.78, 5) is 2.39. The van der Waals surface area contributed by atoms with Crippen molar-refractivity contribution in [3.05, 3.63) is 18.2 Å². The fraction of sp³-hybridized carbons (Fsp3) is 0.625. The van der Waals surface area contributed by atoms with Gasteiger partial charge in [0.05, 0.1) is 12.3 Å². The predicted octanol–water partition coefficient (Wildman–Crippen LogP) is 3.83. The van der Waals surface area contributed by atoms with Gasteiger partial charge in [-0.3, -0.25) is 0 Å². The molecule has 1 aliphatic rings. The SMILES string of the molecule is CCCOc1cc(N(C)C2CCCCC2)ccc1N. The van der Waals surface area contributed by atoms with Gasteiger partial charge >= 0.3 is 0 Å². The first-order chi connectivity index (χ1) is 9.22. The first-order valence-electron chi connectivity index (χ1n) is 7.47. The molecule has 0 spiro atoms. The summed E-state index contributed by atoms with van der Waals surface area (Å²) in [6.07, 6.45) is 7.68. The minimum Gasteiger partial charge on any atom is -0.491 e. The highest BCUT2D eigenvalue weighted by molar-refractivity contribution is 5.62. The summed E-state index contributed by atoms with van der Waals surface area (Å²) in [5.74, 6) is 0.821. The zero-order valence-corrected chi connectivity index (χ0v) is 12.2. The largest absolute Gasteiger partial charge is 0.491 e. The van der Waals surface area contributed by atoms with Crippen LogP contribution in [0.15, 0.2) is 18.2 Å². The van der Waals surface area contributed by atoms with Gasteiger partial charge in [0.1, 0.15) is 5.75 Å². The van der Waals surface area contributed by atoms with Crippen LogP contribution in [0.2, 0.25) is 0 Å². The Morgan fingerprint density at radius 1 is 1.26 bits per heavy atom. The number of anilines is 2. The maximum atomic E-state index is 5.97. The molecule has 106 valence electrons. The summed E-state index contributed by atoms with van der Waals surface area (Å²) in [5, 5.41) is 0. The molecule has 1 fully saturated rings. The lowest BCUT2D eigenvalue weighted by Crippen LogP contribution is -2.33. The maximum absolute atomic E-state index is 5.97. The van der Waals surface area contributed by atoms with Gasteiger partial charge in [0.15, 0.2) is 0 Å². The molecule has 3 nitrogen and oxygen atoms in total. The van der Waals surface area contributed by atoms with Crippen LogP contribution < -0.4 is 15.4 Å². The Hall–Kier alpha value is -1.38. The van der Waals surface area contributed by atoms with E-state index >= 15 is 0 Å². The molecule has 1 aromatic carbocycles. The molecule has 2 rings (SSSR count). The van der Waals surface area contributed by atoms with Crippen LogP contribution in [0.25, 0.3) is 0 Å². The molecule has 1 aliphatic carbocycles. The second-order valence-corrected chi connectivity index (χ2v) is 5.47. The zero-order valence-electron chi connectivity index (χ0n) is 12.2. The smallest absolute Gasteiger partial charge is 0.144 e. The van der Waals surface area contributed by atoms with E-state index in [1.807, 2.05) is 6.07 Å². The number of rotatable bonds is 5. The third-order valence-corrected chi connectivity index (χ3v) is 3.99. The molecule has 0 radical (unpaired) electrons. The first kappa shape index (κ1) is 14.0. The molecular weight excluding hydrogens is 236 g/mol. The van der Waals surface area contributed by atoms with Crippen molar-refractivity contribution in [2.75, 3.05) is 24.3 Å². The molecule has 0 aliphatic heterocycles. The van der Waals surface area contributed by atoms with Crippen molar-refractivity contribution >= 4 is 11.4 Å². The Kier molecular flexibility index (Phi) is 4.94. The van der Waals surface area contributed by atoms with Crippen LogP contribution in [0.3, 0.4) is 0 Å². The number of ether oxygens (including phenoxy) is 1. The second-order valence-electron chi connectivity index (χ2n) is 5.47. The molecule has 0 heterocycles. The van der Waals surface area contributed by atoms with E-state index in [1.165, 1.54) is 37.8 Å². The molecule has 1 saturated carbocycles. The normalized spacial score (nSPS) is 16.3. The van der Waals surface area contributed by atoms with Gasteiger partial charge in [-0.25, -0.2) is 0 Å². The Balaban J connectivity index is 2.10. The molecule has 3 heteroatoms. The second kappa shape index (κ2) is 6.69. The van der Waals surface area contributed by atoms with Gasteiger partial charge in [-0.05, 0) is 31.4 Å². The zero-order chi connectivity index (χ0) is 13.7. The third-order valence-electron chi connectivity index (χ3n) is 3.99. The van der Waals surface area contributed by atoms with Crippen LogP contribution in [0.4, 0.5) is 11.4 Å². The number of nitrogen functional groups attached to an aromatic ring is 1. The lowest BCUT2D eigenvalue weighted by molar-refractivity contribution is 0.319. The van der Waals surface area contributed by atoms with Gasteiger partial charge < -0.3 is 15.4 Å². The molecule has 0 saturated heterocycles. The van der Waals surface area contributed by atoms with Crippen molar-refractivity contribution in [1.82, 2.24) is 0 Å². The minimum absolute atomic E-state index is 0.663. The molecule has 0 aromatic heterocycles. The van der Waals surface area contributed by atoms with E-state index in [9.17, 15) is 0 Å². The van der Waals surface area contributed by atoms with E-state index in [0.717, 1.165) is 24.5 Å². The predicted molar refractivity (Wildman–Crippen MR) is 81.9 cm³/mol. The molecule has 2 N–H and O–H groups in total. The van der Waals surface area contributed by atoms with Crippen LogP contribution in [-0.4, -0.2) is 19.7 Å². The highest BCUT2D eigenvalue weighted by Crippen LogP contribution is 2.31. The third kappa shape index (κ3) is 3.55. The maximum Gasteiger partial charge on any atom is 0.144 e. The average Bonchev–Trinajstić information content (AvgIpc) is 2.46. The quantitative estimate of drug-likeness (QED) is 0.820. The summed E-state index contributed by atoms with van der Waals surface area (Å²) in [6, 6.07) is 6.80. The highest BCUT2D eigenvalue weighted by Gasteiger charge is 2.19. The number of nitrogens with zero attached hydrogens (tertiary/aromatic N) is 1. The Morgan fingerprint density at radius 3 is 2.68 bits per heavy atom. The van der Waals surface area contributed by atoms with E-state index in [2.05, 4.69) is 31.0 Å². The van der Waals surface area contributed by atoms with Crippen molar-refractivity contribution in [3.8, 4) is 5.75 Å². The Morgan fingerprint density at radius 2 is 2.00 bits per heavy atom. The van der Waals surface area contributed by atoms with E-state index in [1.54, 1.807) is 0 Å². The van der Waals surface area contributed by atoms with Crippen LogP contribution in [-0.2, 0) is 0 Å². The lowest BCUT2D eigenvalue weighted by atomic mass is 9.94. The summed E-state index contributed by atoms with van der Waals surface area (Å²) < 4.78 is 5.71. The van der Waals surface area contributed by atoms with Crippen LogP contribution in [0.5, 0.6) is 5.75 Å². The molecule has 1 aromatic rings. The molecule has 0 atom stereocenters. The van der Waals surface area contributed by atoms with E-state index in [-0.39, 0.29) is 0 Å². The van der Waals surface area contributed by atoms with E-state index in [0.29, 0.717) is 6.04 Å². The van der Waals surface area contributed by atoms with Gasteiger partial charge in [0.2, 0.25) is 0 Å². The van der Waals surface area contributed by atoms with Crippen LogP contribution in [0, 0.1) is 0 Å². The van der Waals surface area contributed by atoms with Crippen molar-refractivity contribution < 1.29 is 4.74 Å². The summed E-state index contributed by atoms with van der Waals surface area (Å²) in [7, 11) is 2.19. The van der Waals surface area contributed by atoms with Crippen LogP contribution >= 0.6 is 0 Å². The molecule has 0 bridgehead atoms. The average molecular weight is 262 g/mol. The van der Waals surface area contributed by atoms with Crippen molar-refractivity contribution in [2.45, 2.75) is 51.5 Å². The van der Waals surface area contributed by atoms with Crippen LogP contribution in [0.1, 0.15) is 45.4 Å². The lowest BCUT2D eigenvalue weighted by Gasteiger charge is -2.33. The fourth-order valence-electron chi connectivity index (χ4n) is 2.76. The molecular formula is C16H26N2O. The van der Waals surface area contributed by atoms with Gasteiger partial charge in [0, 0.05) is 24.8 Å². The summed E-state index contributed by atoms with van der Waals surface area (Å²) in [6.45, 7) is 2.83. The Bertz CT molecular complexity index is 400. The van der Waals surface area contributed by atoms with Gasteiger partial charge in [0.25, 0.3) is 0 Å². The van der Waals surface area contributed by atoms with Gasteiger partial charge in [-0.2, -0.15) is 0 Å². The number of nitrogens with two attached hydrogens (primary N) is 1. The Labute approximate surface area is 116 Å². The topological polar surface area (TPSA) is 38.5 Å². The minimum atomic E-state index is 0.663. The van der Waals surface area contributed by atoms with E-state index < -0.39 is 0 Å². The molecule has 0 unspecified atom stereocenters. The molecule has 0 amide bonds. The number of hydrogen-bond acceptors (Lipinski definition) is 3. The van der Waals surface area contributed by atoms with Gasteiger partial charge in [-0.1, -0.05) is 26.2 Å². The van der Waals surface area contributed by atoms with Gasteiger partial charge in [-0.15, -0.1) is 0 Å². The van der Waals surface area contributed by atoms with Crippen molar-refractivity contribution in [2.24, 2.45) is 0 Å². The summed E-state index contributed by atoms with van der Waals surface area (Å²) >= 11 is 0. The molecule has 19 heavy (non-hydrogen) atoms. The van der Waals surface area contributed by atoms with Crippen molar-refractivity contribution in [1.29, 1.82) is 0 Å². The summed E-state index contributed by atoms with van der Waals surface area (Å²) in [5.41, 5.74) is 7.91. The number of benzene rings is 1. The standard InChI is InChI=1S/C16H26N2O/c1-3-11-19-16-12-14(9-10-15(16)17)18(2)13-7-5-4-6-8-13/h9-10,12-13H,3-8,11,17H2,1-2H3.